The van der Waals surface area contributed by atoms with Gasteiger partial charge in [0.1, 0.15) is 11.6 Å². The Bertz CT molecular complexity index is 1010. The van der Waals surface area contributed by atoms with Gasteiger partial charge in [-0.3, -0.25) is 9.36 Å². The molecule has 0 N–H and O–H groups in total. The minimum absolute atomic E-state index is 0.0491. The Labute approximate surface area is 184 Å². The van der Waals surface area contributed by atoms with E-state index >= 15 is 0 Å². The Morgan fingerprint density at radius 3 is 2.55 bits per heavy atom. The maximum atomic E-state index is 13.2. The molecule has 1 aromatic heterocycles. The maximum Gasteiger partial charge on any atom is 0.233 e. The van der Waals surface area contributed by atoms with Crippen molar-refractivity contribution in [3.63, 3.8) is 0 Å². The van der Waals surface area contributed by atoms with Gasteiger partial charge in [-0.15, -0.1) is 10.2 Å². The molecule has 4 rings (SSSR count). The molecule has 3 aromatic rings. The van der Waals surface area contributed by atoms with Crippen LogP contribution in [0.15, 0.2) is 59.8 Å². The van der Waals surface area contributed by atoms with Crippen molar-refractivity contribution in [3.8, 4) is 11.4 Å². The molecule has 1 unspecified atom stereocenters. The Morgan fingerprint density at radius 2 is 1.84 bits per heavy atom. The number of thioether (sulfide) groups is 1. The van der Waals surface area contributed by atoms with E-state index in [-0.39, 0.29) is 17.5 Å². The monoisotopic (exact) mass is 442 g/mol. The number of carbonyl (C=O) groups excluding carboxylic acids is 1. The zero-order valence-corrected chi connectivity index (χ0v) is 17.9. The number of amides is 1. The predicted octanol–water partition coefficient (Wildman–Crippen LogP) is 3.50. The Kier molecular flexibility index (Phi) is 6.83. The topological polar surface area (TPSA) is 69.5 Å². The molecular weight excluding hydrogens is 419 g/mol. The van der Waals surface area contributed by atoms with Crippen molar-refractivity contribution in [2.24, 2.45) is 0 Å². The summed E-state index contributed by atoms with van der Waals surface area (Å²) in [6.07, 6.45) is -0.442. The van der Waals surface area contributed by atoms with Crippen LogP contribution in [0.5, 0.6) is 5.75 Å². The summed E-state index contributed by atoms with van der Waals surface area (Å²) in [5.41, 5.74) is 0.873. The molecular formula is C22H23FN4O3S. The van der Waals surface area contributed by atoms with Crippen LogP contribution in [0.2, 0.25) is 0 Å². The van der Waals surface area contributed by atoms with E-state index in [9.17, 15) is 9.18 Å². The minimum atomic E-state index is -0.442. The largest absolute Gasteiger partial charge is 0.483 e. The average molecular weight is 443 g/mol. The van der Waals surface area contributed by atoms with E-state index in [1.807, 2.05) is 41.8 Å². The quantitative estimate of drug-likeness (QED) is 0.522. The lowest BCUT2D eigenvalue weighted by Crippen LogP contribution is -2.41. The number of halogens is 1. The molecule has 0 saturated carbocycles. The van der Waals surface area contributed by atoms with Gasteiger partial charge in [-0.1, -0.05) is 30.0 Å². The van der Waals surface area contributed by atoms with Crippen molar-refractivity contribution in [3.05, 3.63) is 66.2 Å². The lowest BCUT2D eigenvalue weighted by atomic mass is 10.3. The lowest BCUT2D eigenvalue weighted by Gasteiger charge is -2.26. The van der Waals surface area contributed by atoms with E-state index in [0.29, 0.717) is 43.0 Å². The SMILES string of the molecule is CC(Oc1ccc(F)cc1)c1nnc(SCC(=O)N2CCOCC2)n1-c1ccccc1. The van der Waals surface area contributed by atoms with Crippen LogP contribution >= 0.6 is 11.8 Å². The van der Waals surface area contributed by atoms with Gasteiger partial charge in [0.25, 0.3) is 0 Å². The molecule has 162 valence electrons. The van der Waals surface area contributed by atoms with Gasteiger partial charge in [0.05, 0.1) is 19.0 Å². The number of para-hydroxylation sites is 1. The molecule has 1 atom stereocenters. The first-order chi connectivity index (χ1) is 15.1. The smallest absolute Gasteiger partial charge is 0.233 e. The standard InChI is InChI=1S/C22H23FN4O3S/c1-16(30-19-9-7-17(23)8-10-19)21-24-25-22(27(21)18-5-3-2-4-6-18)31-15-20(28)26-11-13-29-14-12-26/h2-10,16H,11-15H2,1H3. The fourth-order valence-electron chi connectivity index (χ4n) is 3.26. The van der Waals surface area contributed by atoms with Gasteiger partial charge in [0, 0.05) is 18.8 Å². The molecule has 2 aromatic carbocycles. The van der Waals surface area contributed by atoms with Crippen molar-refractivity contribution in [2.45, 2.75) is 18.2 Å². The summed E-state index contributed by atoms with van der Waals surface area (Å²) in [5.74, 6) is 1.12. The van der Waals surface area contributed by atoms with Gasteiger partial charge >= 0.3 is 0 Å². The number of nitrogens with zero attached hydrogens (tertiary/aromatic N) is 4. The summed E-state index contributed by atoms with van der Waals surface area (Å²) in [4.78, 5) is 14.4. The molecule has 0 spiro atoms. The molecule has 31 heavy (non-hydrogen) atoms. The number of aromatic nitrogens is 3. The van der Waals surface area contributed by atoms with Crippen molar-refractivity contribution in [2.75, 3.05) is 32.1 Å². The van der Waals surface area contributed by atoms with Gasteiger partial charge in [-0.25, -0.2) is 4.39 Å². The average Bonchev–Trinajstić information content (AvgIpc) is 3.24. The summed E-state index contributed by atoms with van der Waals surface area (Å²) < 4.78 is 26.4. The Balaban J connectivity index is 1.55. The zero-order valence-electron chi connectivity index (χ0n) is 17.1. The van der Waals surface area contributed by atoms with Gasteiger partial charge in [0.15, 0.2) is 17.1 Å². The molecule has 0 aliphatic carbocycles. The van der Waals surface area contributed by atoms with Crippen molar-refractivity contribution in [1.82, 2.24) is 19.7 Å². The molecule has 2 heterocycles. The third kappa shape index (κ3) is 5.23. The molecule has 1 aliphatic heterocycles. The number of morpholine rings is 1. The van der Waals surface area contributed by atoms with Crippen LogP contribution in [0.1, 0.15) is 18.9 Å². The highest BCUT2D eigenvalue weighted by atomic mass is 32.2. The highest BCUT2D eigenvalue weighted by Gasteiger charge is 2.23. The minimum Gasteiger partial charge on any atom is -0.483 e. The Hall–Kier alpha value is -2.91. The first kappa shape index (κ1) is 21.3. The van der Waals surface area contributed by atoms with E-state index in [2.05, 4.69) is 10.2 Å². The lowest BCUT2D eigenvalue weighted by molar-refractivity contribution is -0.132. The molecule has 1 saturated heterocycles. The van der Waals surface area contributed by atoms with E-state index in [0.717, 1.165) is 5.69 Å². The predicted molar refractivity (Wildman–Crippen MR) is 115 cm³/mol. The number of carbonyl (C=O) groups is 1. The van der Waals surface area contributed by atoms with Gasteiger partial charge in [-0.05, 0) is 43.3 Å². The zero-order chi connectivity index (χ0) is 21.6. The highest BCUT2D eigenvalue weighted by Crippen LogP contribution is 2.28. The first-order valence-corrected chi connectivity index (χ1v) is 11.0. The molecule has 9 heteroatoms. The van der Waals surface area contributed by atoms with Crippen LogP contribution in [0.3, 0.4) is 0 Å². The molecule has 1 fully saturated rings. The summed E-state index contributed by atoms with van der Waals surface area (Å²) in [7, 11) is 0. The van der Waals surface area contributed by atoms with E-state index in [1.54, 1.807) is 17.0 Å². The second-order valence-corrected chi connectivity index (χ2v) is 7.95. The first-order valence-electron chi connectivity index (χ1n) is 10.0. The summed E-state index contributed by atoms with van der Waals surface area (Å²) in [6.45, 7) is 4.22. The van der Waals surface area contributed by atoms with Crippen LogP contribution in [0.4, 0.5) is 4.39 Å². The van der Waals surface area contributed by atoms with E-state index in [1.165, 1.54) is 23.9 Å². The van der Waals surface area contributed by atoms with Gasteiger partial charge < -0.3 is 14.4 Å². The Morgan fingerprint density at radius 1 is 1.13 bits per heavy atom. The number of hydrogen-bond acceptors (Lipinski definition) is 6. The number of ether oxygens (including phenoxy) is 2. The van der Waals surface area contributed by atoms with Crippen molar-refractivity contribution in [1.29, 1.82) is 0 Å². The third-order valence-corrected chi connectivity index (χ3v) is 5.77. The van der Waals surface area contributed by atoms with Gasteiger partial charge in [-0.2, -0.15) is 0 Å². The van der Waals surface area contributed by atoms with Crippen LogP contribution < -0.4 is 4.74 Å². The number of rotatable bonds is 7. The fraction of sp³-hybridized carbons (Fsp3) is 0.318. The third-order valence-electron chi connectivity index (χ3n) is 4.85. The second kappa shape index (κ2) is 9.93. The van der Waals surface area contributed by atoms with E-state index < -0.39 is 6.10 Å². The molecule has 0 bridgehead atoms. The van der Waals surface area contributed by atoms with Crippen LogP contribution in [-0.4, -0.2) is 57.6 Å². The molecule has 0 radical (unpaired) electrons. The normalized spacial score (nSPS) is 15.0. The molecule has 7 nitrogen and oxygen atoms in total. The molecule has 1 amide bonds. The van der Waals surface area contributed by atoms with Crippen LogP contribution in [0.25, 0.3) is 5.69 Å². The molecule has 1 aliphatic rings. The fourth-order valence-corrected chi connectivity index (χ4v) is 4.12. The van der Waals surface area contributed by atoms with Crippen molar-refractivity contribution < 1.29 is 18.7 Å². The summed E-state index contributed by atoms with van der Waals surface area (Å²) in [6, 6.07) is 15.5. The second-order valence-electron chi connectivity index (χ2n) is 7.01. The van der Waals surface area contributed by atoms with E-state index in [4.69, 9.17) is 9.47 Å². The van der Waals surface area contributed by atoms with Gasteiger partial charge in [0.2, 0.25) is 5.91 Å². The summed E-state index contributed by atoms with van der Waals surface area (Å²) >= 11 is 1.34. The summed E-state index contributed by atoms with van der Waals surface area (Å²) in [5, 5.41) is 9.28. The highest BCUT2D eigenvalue weighted by molar-refractivity contribution is 7.99. The van der Waals surface area contributed by atoms with Crippen molar-refractivity contribution >= 4 is 17.7 Å². The number of hydrogen-bond donors (Lipinski definition) is 0. The van der Waals surface area contributed by atoms with Crippen LogP contribution in [-0.2, 0) is 9.53 Å². The van der Waals surface area contributed by atoms with Crippen LogP contribution in [0, 0.1) is 5.82 Å². The number of benzene rings is 2. The maximum absolute atomic E-state index is 13.2.